The highest BCUT2D eigenvalue weighted by molar-refractivity contribution is 6.65. The van der Waals surface area contributed by atoms with Crippen LogP contribution in [0.4, 0.5) is 0 Å². The maximum atomic E-state index is 6.60. The van der Waals surface area contributed by atoms with Gasteiger partial charge in [0.05, 0.1) is 30.5 Å². The SMILES string of the molecule is CO[Si](C)(CCC1CCC2OC2C1)OC.c1ccc(O[Si](CCC2CCC3OC3C2)(Oc2ccccc2)Oc2ccccc2)cc1. The molecule has 2 aliphatic carbocycles. The van der Waals surface area contributed by atoms with E-state index in [9.17, 15) is 0 Å². The second kappa shape index (κ2) is 15.5. The number of hydrogen-bond acceptors (Lipinski definition) is 7. The number of hydrogen-bond donors (Lipinski definition) is 0. The summed E-state index contributed by atoms with van der Waals surface area (Å²) >= 11 is 0. The van der Waals surface area contributed by atoms with E-state index in [1.807, 2.05) is 91.0 Å². The number of para-hydroxylation sites is 3. The van der Waals surface area contributed by atoms with E-state index in [-0.39, 0.29) is 0 Å². The summed E-state index contributed by atoms with van der Waals surface area (Å²) in [6.45, 7) is 2.15. The summed E-state index contributed by atoms with van der Waals surface area (Å²) in [5, 5.41) is 0. The van der Waals surface area contributed by atoms with Crippen LogP contribution in [0.25, 0.3) is 0 Å². The standard InChI is InChI=1S/C26H28O4Si.C11H22O3Si/c1-4-10-22(11-5-1)28-31(29-23-12-6-2-7-13-23,30-24-14-8-3-9-15-24)19-18-21-16-17-25-26(20-21)27-25;1-12-15(3,13-2)7-6-9-4-5-10-11(8-9)14-10/h1-15,21,25-26H,16-20H2;9-11H,4-8H2,1-3H3. The Bertz CT molecular complexity index is 1230. The van der Waals surface area contributed by atoms with Gasteiger partial charge in [-0.25, -0.2) is 0 Å². The first-order valence-electron chi connectivity index (χ1n) is 17.1. The van der Waals surface area contributed by atoms with Gasteiger partial charge in [-0.15, -0.1) is 0 Å². The van der Waals surface area contributed by atoms with Crippen molar-refractivity contribution in [2.24, 2.45) is 11.8 Å². The van der Waals surface area contributed by atoms with Crippen molar-refractivity contribution in [1.82, 2.24) is 0 Å². The molecule has 4 fully saturated rings. The summed E-state index contributed by atoms with van der Waals surface area (Å²) < 4.78 is 42.1. The fraction of sp³-hybridized carbons (Fsp3) is 0.514. The molecule has 7 nitrogen and oxygen atoms in total. The van der Waals surface area contributed by atoms with Crippen LogP contribution in [0, 0.1) is 11.8 Å². The number of benzene rings is 3. The highest BCUT2D eigenvalue weighted by atomic mass is 28.4. The zero-order valence-corrected chi connectivity index (χ0v) is 29.6. The molecule has 0 spiro atoms. The van der Waals surface area contributed by atoms with Gasteiger partial charge in [0.1, 0.15) is 17.2 Å². The third-order valence-electron chi connectivity index (χ3n) is 10.0. The van der Waals surface area contributed by atoms with Gasteiger partial charge >= 0.3 is 17.4 Å². The van der Waals surface area contributed by atoms with Crippen molar-refractivity contribution in [3.05, 3.63) is 91.0 Å². The molecule has 46 heavy (non-hydrogen) atoms. The monoisotopic (exact) mass is 662 g/mol. The Morgan fingerprint density at radius 2 is 0.935 bits per heavy atom. The molecule has 0 bridgehead atoms. The van der Waals surface area contributed by atoms with Crippen LogP contribution in [0.1, 0.15) is 51.4 Å². The van der Waals surface area contributed by atoms with Crippen LogP contribution in [0.15, 0.2) is 91.0 Å². The van der Waals surface area contributed by atoms with E-state index in [1.54, 1.807) is 14.2 Å². The van der Waals surface area contributed by atoms with Gasteiger partial charge in [-0.05, 0) is 112 Å². The molecule has 0 N–H and O–H groups in total. The Labute approximate surface area is 277 Å². The molecular weight excluding hydrogens is 613 g/mol. The lowest BCUT2D eigenvalue weighted by molar-refractivity contribution is 0.242. The van der Waals surface area contributed by atoms with Crippen LogP contribution in [-0.2, 0) is 18.3 Å². The quantitative estimate of drug-likeness (QED) is 0.127. The van der Waals surface area contributed by atoms with Crippen LogP contribution < -0.4 is 13.3 Å². The summed E-state index contributed by atoms with van der Waals surface area (Å²) in [4.78, 5) is 0. The summed E-state index contributed by atoms with van der Waals surface area (Å²) in [5.74, 6) is 3.78. The fourth-order valence-corrected chi connectivity index (χ4v) is 11.0. The summed E-state index contributed by atoms with van der Waals surface area (Å²) in [6.07, 6.45) is 11.8. The molecule has 248 valence electrons. The van der Waals surface area contributed by atoms with Crippen molar-refractivity contribution >= 4 is 17.4 Å². The summed E-state index contributed by atoms with van der Waals surface area (Å²) in [6, 6.07) is 31.5. The van der Waals surface area contributed by atoms with E-state index in [1.165, 1.54) is 38.5 Å². The minimum Gasteiger partial charge on any atom is -0.483 e. The van der Waals surface area contributed by atoms with E-state index in [2.05, 4.69) is 6.55 Å². The molecule has 2 saturated carbocycles. The van der Waals surface area contributed by atoms with Crippen LogP contribution >= 0.6 is 0 Å². The van der Waals surface area contributed by atoms with Crippen LogP contribution in [-0.4, -0.2) is 56.0 Å². The highest BCUT2D eigenvalue weighted by Crippen LogP contribution is 2.43. The normalized spacial score (nSPS) is 26.4. The van der Waals surface area contributed by atoms with Crippen LogP contribution in [0.3, 0.4) is 0 Å². The number of epoxide rings is 2. The van der Waals surface area contributed by atoms with Gasteiger partial charge in [-0.2, -0.15) is 0 Å². The second-order valence-electron chi connectivity index (χ2n) is 13.3. The molecular formula is C37H50O7Si2. The topological polar surface area (TPSA) is 71.2 Å². The van der Waals surface area contributed by atoms with Crippen molar-refractivity contribution in [2.75, 3.05) is 14.2 Å². The van der Waals surface area contributed by atoms with Crippen molar-refractivity contribution in [1.29, 1.82) is 0 Å². The van der Waals surface area contributed by atoms with Gasteiger partial charge in [0.15, 0.2) is 0 Å². The first-order chi connectivity index (χ1) is 22.4. The smallest absolute Gasteiger partial charge is 0.483 e. The molecule has 3 aromatic carbocycles. The van der Waals surface area contributed by atoms with Crippen LogP contribution in [0.2, 0.25) is 18.6 Å². The maximum absolute atomic E-state index is 6.60. The van der Waals surface area contributed by atoms with E-state index in [4.69, 9.17) is 31.6 Å². The minimum absolute atomic E-state index is 0.468. The predicted molar refractivity (Wildman–Crippen MR) is 183 cm³/mol. The molecule has 6 unspecified atom stereocenters. The third-order valence-corrected chi connectivity index (χ3v) is 15.5. The van der Waals surface area contributed by atoms with Gasteiger partial charge in [-0.3, -0.25) is 0 Å². The van der Waals surface area contributed by atoms with Crippen LogP contribution in [0.5, 0.6) is 17.2 Å². The Balaban J connectivity index is 0.000000208. The molecule has 2 aliphatic heterocycles. The number of rotatable bonds is 14. The van der Waals surface area contributed by atoms with Gasteiger partial charge in [-0.1, -0.05) is 54.6 Å². The Morgan fingerprint density at radius 3 is 1.30 bits per heavy atom. The third kappa shape index (κ3) is 9.45. The van der Waals surface area contributed by atoms with Crippen molar-refractivity contribution < 1.29 is 31.6 Å². The summed E-state index contributed by atoms with van der Waals surface area (Å²) in [7, 11) is -1.43. The van der Waals surface area contributed by atoms with Crippen molar-refractivity contribution in [3.63, 3.8) is 0 Å². The fourth-order valence-electron chi connectivity index (χ4n) is 6.85. The lowest BCUT2D eigenvalue weighted by atomic mass is 9.88. The predicted octanol–water partition coefficient (Wildman–Crippen LogP) is 8.43. The lowest BCUT2D eigenvalue weighted by Crippen LogP contribution is -2.55. The molecule has 0 amide bonds. The maximum Gasteiger partial charge on any atom is 0.699 e. The average Bonchev–Trinajstić information content (AvgIpc) is 4.03. The number of fused-ring (bicyclic) bond motifs is 2. The van der Waals surface area contributed by atoms with E-state index >= 15 is 0 Å². The zero-order chi connectivity index (χ0) is 31.8. The first-order valence-corrected chi connectivity index (χ1v) is 21.5. The molecule has 6 atom stereocenters. The van der Waals surface area contributed by atoms with Gasteiger partial charge in [0, 0.05) is 14.2 Å². The Morgan fingerprint density at radius 1 is 0.543 bits per heavy atom. The molecule has 0 radical (unpaired) electrons. The summed E-state index contributed by atoms with van der Waals surface area (Å²) in [5.41, 5.74) is 0. The molecule has 3 aromatic rings. The van der Waals surface area contributed by atoms with Crippen molar-refractivity contribution in [2.45, 2.75) is 94.4 Å². The Hall–Kier alpha value is -2.67. The lowest BCUT2D eigenvalue weighted by Gasteiger charge is -2.32. The molecule has 2 heterocycles. The average molecular weight is 663 g/mol. The van der Waals surface area contributed by atoms with E-state index < -0.39 is 17.4 Å². The second-order valence-corrected chi connectivity index (χ2v) is 19.4. The zero-order valence-electron chi connectivity index (χ0n) is 27.6. The largest absolute Gasteiger partial charge is 0.699 e. The Kier molecular flexibility index (Phi) is 11.2. The molecule has 0 aromatic heterocycles. The molecule has 7 rings (SSSR count). The molecule has 9 heteroatoms. The van der Waals surface area contributed by atoms with Gasteiger partial charge in [0.2, 0.25) is 0 Å². The van der Waals surface area contributed by atoms with Gasteiger partial charge in [0.25, 0.3) is 0 Å². The highest BCUT2D eigenvalue weighted by Gasteiger charge is 2.51. The van der Waals surface area contributed by atoms with E-state index in [0.717, 1.165) is 48.1 Å². The molecule has 2 saturated heterocycles. The van der Waals surface area contributed by atoms with Gasteiger partial charge < -0.3 is 31.6 Å². The van der Waals surface area contributed by atoms with Crippen molar-refractivity contribution in [3.8, 4) is 17.2 Å². The van der Waals surface area contributed by atoms with E-state index in [0.29, 0.717) is 30.3 Å². The number of ether oxygens (including phenoxy) is 2. The minimum atomic E-state index is -3.15. The molecule has 4 aliphatic rings. The first kappa shape index (κ1) is 33.2.